The molecule has 1 aliphatic rings. The Labute approximate surface area is 139 Å². The van der Waals surface area contributed by atoms with E-state index in [0.29, 0.717) is 24.3 Å². The monoisotopic (exact) mass is 331 g/mol. The number of urea groups is 1. The van der Waals surface area contributed by atoms with Crippen LogP contribution < -0.4 is 5.32 Å². The Morgan fingerprint density at radius 1 is 1.33 bits per heavy atom. The number of pyridine rings is 1. The molecule has 1 saturated heterocycles. The number of halogens is 2. The second kappa shape index (κ2) is 6.95. The van der Waals surface area contributed by atoms with E-state index in [1.165, 1.54) is 6.07 Å². The Bertz CT molecular complexity index is 751. The van der Waals surface area contributed by atoms with Crippen LogP contribution >= 0.6 is 0 Å². The van der Waals surface area contributed by atoms with Crippen LogP contribution in [-0.2, 0) is 0 Å². The van der Waals surface area contributed by atoms with Gasteiger partial charge in [0.1, 0.15) is 11.6 Å². The molecule has 2 aromatic rings. The van der Waals surface area contributed by atoms with Crippen molar-refractivity contribution in [1.29, 1.82) is 0 Å². The van der Waals surface area contributed by atoms with Crippen molar-refractivity contribution in [3.8, 4) is 0 Å². The van der Waals surface area contributed by atoms with E-state index in [2.05, 4.69) is 10.3 Å². The molecule has 126 valence electrons. The maximum Gasteiger partial charge on any atom is 0.321 e. The predicted octanol–water partition coefficient (Wildman–Crippen LogP) is 4.08. The molecule has 0 saturated carbocycles. The first-order valence-corrected chi connectivity index (χ1v) is 7.96. The summed E-state index contributed by atoms with van der Waals surface area (Å²) in [5, 5.41) is 2.86. The van der Waals surface area contributed by atoms with Gasteiger partial charge in [-0.1, -0.05) is 0 Å². The third-order valence-electron chi connectivity index (χ3n) is 4.37. The summed E-state index contributed by atoms with van der Waals surface area (Å²) in [6, 6.07) is 4.99. The topological polar surface area (TPSA) is 45.2 Å². The lowest BCUT2D eigenvalue weighted by molar-refractivity contribution is 0.192. The first-order valence-electron chi connectivity index (χ1n) is 7.96. The maximum atomic E-state index is 14.0. The Morgan fingerprint density at radius 3 is 2.96 bits per heavy atom. The molecule has 1 atom stereocenters. The van der Waals surface area contributed by atoms with Crippen molar-refractivity contribution in [2.45, 2.75) is 25.7 Å². The number of anilines is 1. The van der Waals surface area contributed by atoms with E-state index in [1.54, 1.807) is 23.4 Å². The van der Waals surface area contributed by atoms with Gasteiger partial charge >= 0.3 is 6.03 Å². The molecule has 0 radical (unpaired) electrons. The van der Waals surface area contributed by atoms with Crippen molar-refractivity contribution in [2.24, 2.45) is 0 Å². The molecule has 0 aliphatic carbocycles. The van der Waals surface area contributed by atoms with Crippen LogP contribution in [0.5, 0.6) is 0 Å². The summed E-state index contributed by atoms with van der Waals surface area (Å²) in [7, 11) is 0. The van der Waals surface area contributed by atoms with E-state index in [9.17, 15) is 13.6 Å². The fourth-order valence-corrected chi connectivity index (χ4v) is 3.05. The van der Waals surface area contributed by atoms with Gasteiger partial charge in [-0.05, 0) is 55.2 Å². The average molecular weight is 331 g/mol. The molecule has 0 spiro atoms. The van der Waals surface area contributed by atoms with Gasteiger partial charge in [0.15, 0.2) is 0 Å². The van der Waals surface area contributed by atoms with Crippen LogP contribution in [0.1, 0.15) is 29.9 Å². The minimum atomic E-state index is -0.458. The molecule has 1 aromatic carbocycles. The van der Waals surface area contributed by atoms with Gasteiger partial charge in [-0.25, -0.2) is 13.6 Å². The van der Waals surface area contributed by atoms with E-state index < -0.39 is 11.6 Å². The molecule has 1 aromatic heterocycles. The number of hydrogen-bond acceptors (Lipinski definition) is 2. The first kappa shape index (κ1) is 16.4. The number of benzene rings is 1. The van der Waals surface area contributed by atoms with Crippen molar-refractivity contribution in [3.05, 3.63) is 59.4 Å². The first-order chi connectivity index (χ1) is 11.5. The number of amides is 2. The number of carbonyl (C=O) groups is 1. The van der Waals surface area contributed by atoms with Crippen LogP contribution in [0, 0.1) is 18.6 Å². The van der Waals surface area contributed by atoms with Crippen molar-refractivity contribution in [1.82, 2.24) is 9.88 Å². The summed E-state index contributed by atoms with van der Waals surface area (Å²) in [5.41, 5.74) is 1.91. The highest BCUT2D eigenvalue weighted by Crippen LogP contribution is 2.29. The summed E-state index contributed by atoms with van der Waals surface area (Å²) in [6.45, 7) is 2.84. The molecule has 2 heterocycles. The molecule has 3 rings (SSSR count). The van der Waals surface area contributed by atoms with Gasteiger partial charge < -0.3 is 10.2 Å². The van der Waals surface area contributed by atoms with E-state index in [-0.39, 0.29) is 11.9 Å². The summed E-state index contributed by atoms with van der Waals surface area (Å²) in [5.74, 6) is -1.08. The molecule has 4 nitrogen and oxygen atoms in total. The quantitative estimate of drug-likeness (QED) is 0.901. The van der Waals surface area contributed by atoms with Gasteiger partial charge in [0.2, 0.25) is 0 Å². The van der Waals surface area contributed by atoms with Gasteiger partial charge in [0.05, 0.1) is 0 Å². The molecule has 0 bridgehead atoms. The zero-order valence-electron chi connectivity index (χ0n) is 13.4. The molecular formula is C18H19F2N3O. The third kappa shape index (κ3) is 3.53. The summed E-state index contributed by atoms with van der Waals surface area (Å²) < 4.78 is 27.4. The van der Waals surface area contributed by atoms with Crippen LogP contribution in [0.3, 0.4) is 0 Å². The smallest absolute Gasteiger partial charge is 0.321 e. The van der Waals surface area contributed by atoms with Crippen molar-refractivity contribution >= 4 is 11.7 Å². The standard InChI is InChI=1S/C18H19F2N3O/c1-12-10-21-7-6-17(12)22-18(24)23-8-2-3-13(11-23)15-9-14(19)4-5-16(15)20/h4-7,9-10,13H,2-3,8,11H2,1H3,(H,21,22,24). The third-order valence-corrected chi connectivity index (χ3v) is 4.37. The molecule has 1 aliphatic heterocycles. The highest BCUT2D eigenvalue weighted by atomic mass is 19.1. The van der Waals surface area contributed by atoms with Gasteiger partial charge in [-0.2, -0.15) is 0 Å². The highest BCUT2D eigenvalue weighted by molar-refractivity contribution is 5.90. The van der Waals surface area contributed by atoms with E-state index in [1.807, 2.05) is 6.92 Å². The molecule has 6 heteroatoms. The Morgan fingerprint density at radius 2 is 2.17 bits per heavy atom. The van der Waals surface area contributed by atoms with Gasteiger partial charge in [-0.3, -0.25) is 4.98 Å². The second-order valence-electron chi connectivity index (χ2n) is 6.07. The van der Waals surface area contributed by atoms with Gasteiger partial charge in [-0.15, -0.1) is 0 Å². The number of rotatable bonds is 2. The summed E-state index contributed by atoms with van der Waals surface area (Å²) >= 11 is 0. The van der Waals surface area contributed by atoms with Gasteiger partial charge in [0.25, 0.3) is 0 Å². The van der Waals surface area contributed by atoms with Crippen LogP contribution in [0.25, 0.3) is 0 Å². The number of piperidine rings is 1. The molecule has 1 fully saturated rings. The zero-order chi connectivity index (χ0) is 17.1. The summed E-state index contributed by atoms with van der Waals surface area (Å²) in [4.78, 5) is 18.1. The lowest BCUT2D eigenvalue weighted by Gasteiger charge is -2.33. The van der Waals surface area contributed by atoms with E-state index >= 15 is 0 Å². The molecule has 24 heavy (non-hydrogen) atoms. The van der Waals surface area contributed by atoms with Gasteiger partial charge in [0, 0.05) is 37.1 Å². The fraction of sp³-hybridized carbons (Fsp3) is 0.333. The Kier molecular flexibility index (Phi) is 4.74. The molecule has 1 unspecified atom stereocenters. The number of hydrogen-bond donors (Lipinski definition) is 1. The Balaban J connectivity index is 1.72. The Hall–Kier alpha value is -2.50. The molecular weight excluding hydrogens is 312 g/mol. The van der Waals surface area contributed by atoms with E-state index in [0.717, 1.165) is 30.5 Å². The van der Waals surface area contributed by atoms with Crippen LogP contribution in [-0.4, -0.2) is 29.0 Å². The number of nitrogens with zero attached hydrogens (tertiary/aromatic N) is 2. The number of aryl methyl sites for hydroxylation is 1. The number of aromatic nitrogens is 1. The second-order valence-corrected chi connectivity index (χ2v) is 6.07. The van der Waals surface area contributed by atoms with E-state index in [4.69, 9.17) is 0 Å². The fourth-order valence-electron chi connectivity index (χ4n) is 3.05. The number of likely N-dealkylation sites (tertiary alicyclic amines) is 1. The minimum absolute atomic E-state index is 0.196. The molecule has 1 N–H and O–H groups in total. The van der Waals surface area contributed by atoms with Crippen LogP contribution in [0.4, 0.5) is 19.3 Å². The lowest BCUT2D eigenvalue weighted by atomic mass is 9.90. The lowest BCUT2D eigenvalue weighted by Crippen LogP contribution is -2.41. The van der Waals surface area contributed by atoms with Crippen LogP contribution in [0.15, 0.2) is 36.7 Å². The minimum Gasteiger partial charge on any atom is -0.324 e. The van der Waals surface area contributed by atoms with Crippen molar-refractivity contribution < 1.29 is 13.6 Å². The average Bonchev–Trinajstić information content (AvgIpc) is 2.59. The van der Waals surface area contributed by atoms with Crippen molar-refractivity contribution in [3.63, 3.8) is 0 Å². The normalized spacial score (nSPS) is 17.6. The molecule has 2 amide bonds. The zero-order valence-corrected chi connectivity index (χ0v) is 13.4. The summed E-state index contributed by atoms with van der Waals surface area (Å²) in [6.07, 6.45) is 4.78. The number of carbonyl (C=O) groups excluding carboxylic acids is 1. The highest BCUT2D eigenvalue weighted by Gasteiger charge is 2.27. The SMILES string of the molecule is Cc1cnccc1NC(=O)N1CCCC(c2cc(F)ccc2F)C1. The largest absolute Gasteiger partial charge is 0.324 e. The maximum absolute atomic E-state index is 14.0. The van der Waals surface area contributed by atoms with Crippen molar-refractivity contribution in [2.75, 3.05) is 18.4 Å². The number of nitrogens with one attached hydrogen (secondary N) is 1. The predicted molar refractivity (Wildman–Crippen MR) is 87.9 cm³/mol. The van der Waals surface area contributed by atoms with Crippen LogP contribution in [0.2, 0.25) is 0 Å².